The lowest BCUT2D eigenvalue weighted by atomic mass is 9.97. The van der Waals surface area contributed by atoms with Gasteiger partial charge in [-0.2, -0.15) is 0 Å². The van der Waals surface area contributed by atoms with Gasteiger partial charge in [0, 0.05) is 11.3 Å². The summed E-state index contributed by atoms with van der Waals surface area (Å²) in [6, 6.07) is 6.00. The highest BCUT2D eigenvalue weighted by Crippen LogP contribution is 2.30. The van der Waals surface area contributed by atoms with Gasteiger partial charge in [-0.3, -0.25) is 9.52 Å². The van der Waals surface area contributed by atoms with Gasteiger partial charge in [-0.1, -0.05) is 11.3 Å². The van der Waals surface area contributed by atoms with Crippen LogP contribution < -0.4 is 15.4 Å². The molecule has 0 spiro atoms. The molecule has 0 unspecified atom stereocenters. The number of hydrogen-bond acceptors (Lipinski definition) is 8. The SMILES string of the molecule is O=C(O)c1csc(S(=O)(=O)Nc2ccc3nc(NC(=O)C4CCNCC4)sc3c2)c1. The summed E-state index contributed by atoms with van der Waals surface area (Å²) in [4.78, 5) is 27.8. The molecule has 0 bridgehead atoms. The molecule has 1 saturated heterocycles. The Morgan fingerprint density at radius 1 is 1.20 bits per heavy atom. The van der Waals surface area contributed by atoms with Crippen LogP contribution in [-0.2, 0) is 14.8 Å². The minimum atomic E-state index is -3.91. The molecule has 0 atom stereocenters. The number of carbonyl (C=O) groups is 2. The second-order valence-corrected chi connectivity index (χ2v) is 10.6. The van der Waals surface area contributed by atoms with Crippen molar-refractivity contribution >= 4 is 65.6 Å². The average molecular weight is 467 g/mol. The molecule has 4 rings (SSSR count). The van der Waals surface area contributed by atoms with Gasteiger partial charge in [0.25, 0.3) is 10.0 Å². The fourth-order valence-electron chi connectivity index (χ4n) is 3.11. The number of carboxylic acid groups (broad SMARTS) is 1. The largest absolute Gasteiger partial charge is 0.478 e. The molecule has 158 valence electrons. The number of aromatic nitrogens is 1. The van der Waals surface area contributed by atoms with Gasteiger partial charge in [-0.15, -0.1) is 11.3 Å². The monoisotopic (exact) mass is 466 g/mol. The summed E-state index contributed by atoms with van der Waals surface area (Å²) < 4.78 is 28.1. The Labute approximate surface area is 180 Å². The van der Waals surface area contributed by atoms with Gasteiger partial charge in [-0.25, -0.2) is 18.2 Å². The summed E-state index contributed by atoms with van der Waals surface area (Å²) in [6.45, 7) is 1.64. The number of hydrogen-bond donors (Lipinski definition) is 4. The maximum Gasteiger partial charge on any atom is 0.336 e. The number of amides is 1. The molecule has 1 amide bonds. The average Bonchev–Trinajstić information content (AvgIpc) is 3.35. The molecule has 1 fully saturated rings. The number of anilines is 2. The molecule has 30 heavy (non-hydrogen) atoms. The maximum absolute atomic E-state index is 12.5. The van der Waals surface area contributed by atoms with E-state index >= 15 is 0 Å². The van der Waals surface area contributed by atoms with E-state index in [2.05, 4.69) is 20.3 Å². The topological polar surface area (TPSA) is 137 Å². The van der Waals surface area contributed by atoms with Crippen molar-refractivity contribution < 1.29 is 23.1 Å². The highest BCUT2D eigenvalue weighted by molar-refractivity contribution is 7.94. The second-order valence-electron chi connectivity index (χ2n) is 6.78. The third-order valence-corrected chi connectivity index (χ3v) is 8.42. The lowest BCUT2D eigenvalue weighted by Gasteiger charge is -2.20. The van der Waals surface area contributed by atoms with Crippen molar-refractivity contribution in [2.75, 3.05) is 23.1 Å². The van der Waals surface area contributed by atoms with E-state index in [1.54, 1.807) is 18.2 Å². The predicted octanol–water partition coefficient (Wildman–Crippen LogP) is 2.79. The van der Waals surface area contributed by atoms with Crippen molar-refractivity contribution in [3.8, 4) is 0 Å². The summed E-state index contributed by atoms with van der Waals surface area (Å²) in [5.41, 5.74) is 0.896. The lowest BCUT2D eigenvalue weighted by molar-refractivity contribution is -0.120. The van der Waals surface area contributed by atoms with Crippen LogP contribution in [0.25, 0.3) is 10.2 Å². The van der Waals surface area contributed by atoms with Crippen LogP contribution in [0, 0.1) is 5.92 Å². The number of fused-ring (bicyclic) bond motifs is 1. The third-order valence-electron chi connectivity index (χ3n) is 4.67. The van der Waals surface area contributed by atoms with Crippen LogP contribution in [0.3, 0.4) is 0 Å². The Kier molecular flexibility index (Phi) is 5.73. The zero-order valence-electron chi connectivity index (χ0n) is 15.5. The predicted molar refractivity (Wildman–Crippen MR) is 116 cm³/mol. The zero-order chi connectivity index (χ0) is 21.3. The highest BCUT2D eigenvalue weighted by Gasteiger charge is 2.22. The number of nitrogens with zero attached hydrogens (tertiary/aromatic N) is 1. The number of rotatable bonds is 6. The van der Waals surface area contributed by atoms with Crippen LogP contribution in [0.1, 0.15) is 23.2 Å². The van der Waals surface area contributed by atoms with Crippen molar-refractivity contribution in [2.45, 2.75) is 17.1 Å². The number of benzene rings is 1. The standard InChI is InChI=1S/C18H18N4O5S3/c23-16(10-3-5-19-6-4-10)21-18-20-13-2-1-12(8-14(13)29-18)22-30(26,27)15-7-11(9-28-15)17(24)25/h1-2,7-10,19,22H,3-6H2,(H,24,25)(H,20,21,23). The first-order valence-electron chi connectivity index (χ1n) is 9.09. The Bertz CT molecular complexity index is 1210. The number of carboxylic acids is 1. The second kappa shape index (κ2) is 8.30. The third kappa shape index (κ3) is 4.46. The summed E-state index contributed by atoms with van der Waals surface area (Å²) >= 11 is 2.10. The van der Waals surface area contributed by atoms with Crippen molar-refractivity contribution in [3.05, 3.63) is 35.2 Å². The van der Waals surface area contributed by atoms with Gasteiger partial charge in [0.15, 0.2) is 5.13 Å². The smallest absolute Gasteiger partial charge is 0.336 e. The van der Waals surface area contributed by atoms with Gasteiger partial charge in [0.05, 0.1) is 21.5 Å². The molecule has 12 heteroatoms. The van der Waals surface area contributed by atoms with E-state index in [0.717, 1.165) is 43.3 Å². The van der Waals surface area contributed by atoms with Crippen molar-refractivity contribution in [1.82, 2.24) is 10.3 Å². The van der Waals surface area contributed by atoms with Crippen LogP contribution in [0.2, 0.25) is 0 Å². The number of carbonyl (C=O) groups excluding carboxylic acids is 1. The summed E-state index contributed by atoms with van der Waals surface area (Å²) in [6.07, 6.45) is 1.57. The Morgan fingerprint density at radius 3 is 2.67 bits per heavy atom. The maximum atomic E-state index is 12.5. The van der Waals surface area contributed by atoms with Gasteiger partial charge in [-0.05, 0) is 50.2 Å². The molecule has 3 aromatic rings. The molecule has 0 aliphatic carbocycles. The van der Waals surface area contributed by atoms with E-state index in [4.69, 9.17) is 5.11 Å². The lowest BCUT2D eigenvalue weighted by Crippen LogP contribution is -2.34. The Morgan fingerprint density at radius 2 is 1.97 bits per heavy atom. The number of thiophene rings is 1. The van der Waals surface area contributed by atoms with Crippen molar-refractivity contribution in [2.24, 2.45) is 5.92 Å². The zero-order valence-corrected chi connectivity index (χ0v) is 18.0. The van der Waals surface area contributed by atoms with Crippen molar-refractivity contribution in [3.63, 3.8) is 0 Å². The van der Waals surface area contributed by atoms with E-state index in [1.165, 1.54) is 16.7 Å². The molecule has 1 aliphatic heterocycles. The van der Waals surface area contributed by atoms with Crippen LogP contribution in [0.15, 0.2) is 33.9 Å². The minimum absolute atomic E-state index is 0.0397. The van der Waals surface area contributed by atoms with E-state index in [-0.39, 0.29) is 21.6 Å². The van der Waals surface area contributed by atoms with E-state index in [1.807, 2.05) is 0 Å². The van der Waals surface area contributed by atoms with E-state index in [0.29, 0.717) is 21.0 Å². The van der Waals surface area contributed by atoms with Gasteiger partial charge in [0.2, 0.25) is 5.91 Å². The molecule has 1 aliphatic rings. The number of nitrogens with one attached hydrogen (secondary N) is 3. The fraction of sp³-hybridized carbons (Fsp3) is 0.278. The number of piperidine rings is 1. The molecule has 2 aromatic heterocycles. The molecular weight excluding hydrogens is 448 g/mol. The molecule has 1 aromatic carbocycles. The number of sulfonamides is 1. The Balaban J connectivity index is 1.50. The first kappa shape index (κ1) is 20.7. The van der Waals surface area contributed by atoms with Crippen LogP contribution in [-0.4, -0.2) is 43.5 Å². The van der Waals surface area contributed by atoms with Crippen LogP contribution >= 0.6 is 22.7 Å². The van der Waals surface area contributed by atoms with Crippen LogP contribution in [0.4, 0.5) is 10.8 Å². The normalized spacial score (nSPS) is 15.2. The van der Waals surface area contributed by atoms with Crippen molar-refractivity contribution in [1.29, 1.82) is 0 Å². The molecular formula is C18H18N4O5S3. The summed E-state index contributed by atoms with van der Waals surface area (Å²) in [5.74, 6) is -1.27. The molecule has 9 nitrogen and oxygen atoms in total. The molecule has 0 radical (unpaired) electrons. The Hall–Kier alpha value is -2.54. The van der Waals surface area contributed by atoms with Gasteiger partial charge < -0.3 is 15.7 Å². The molecule has 0 saturated carbocycles. The molecule has 3 heterocycles. The number of aromatic carboxylic acids is 1. The quantitative estimate of drug-likeness (QED) is 0.438. The fourth-order valence-corrected chi connectivity index (χ4v) is 6.22. The van der Waals surface area contributed by atoms with E-state index < -0.39 is 16.0 Å². The minimum Gasteiger partial charge on any atom is -0.478 e. The first-order chi connectivity index (χ1) is 14.3. The van der Waals surface area contributed by atoms with E-state index in [9.17, 15) is 18.0 Å². The van der Waals surface area contributed by atoms with Gasteiger partial charge >= 0.3 is 5.97 Å². The number of thiazole rings is 1. The van der Waals surface area contributed by atoms with Gasteiger partial charge in [0.1, 0.15) is 4.21 Å². The van der Waals surface area contributed by atoms with Crippen LogP contribution in [0.5, 0.6) is 0 Å². The summed E-state index contributed by atoms with van der Waals surface area (Å²) in [7, 11) is -3.91. The first-order valence-corrected chi connectivity index (χ1v) is 12.3. The highest BCUT2D eigenvalue weighted by atomic mass is 32.2. The summed E-state index contributed by atoms with van der Waals surface area (Å²) in [5, 5.41) is 16.8. The molecule has 4 N–H and O–H groups in total.